The average Bonchev–Trinajstić information content (AvgIpc) is 3.21. The lowest BCUT2D eigenvalue weighted by Gasteiger charge is -2.20. The predicted molar refractivity (Wildman–Crippen MR) is 128 cm³/mol. The van der Waals surface area contributed by atoms with Gasteiger partial charge in [-0.2, -0.15) is 0 Å². The second-order valence-electron chi connectivity index (χ2n) is 7.80. The van der Waals surface area contributed by atoms with Gasteiger partial charge in [-0.25, -0.2) is 4.98 Å². The number of carbonyl (C=O) groups excluding carboxylic acids is 2. The second kappa shape index (κ2) is 10.8. The third-order valence-electron chi connectivity index (χ3n) is 5.46. The van der Waals surface area contributed by atoms with Crippen LogP contribution in [0.1, 0.15) is 18.1 Å². The van der Waals surface area contributed by atoms with E-state index in [-0.39, 0.29) is 18.4 Å². The molecule has 33 heavy (non-hydrogen) atoms. The topological polar surface area (TPSA) is 85.7 Å². The Bertz CT molecular complexity index is 1120. The lowest BCUT2D eigenvalue weighted by molar-refractivity contribution is -0.133. The molecule has 0 aliphatic rings. The molecule has 174 valence electrons. The zero-order valence-corrected chi connectivity index (χ0v) is 19.7. The number of benzene rings is 2. The maximum atomic E-state index is 12.8. The van der Waals surface area contributed by atoms with Crippen LogP contribution in [0, 0.1) is 13.8 Å². The monoisotopic (exact) mass is 450 g/mol. The summed E-state index contributed by atoms with van der Waals surface area (Å²) < 4.78 is 12.1. The highest BCUT2D eigenvalue weighted by molar-refractivity contribution is 5.93. The number of methoxy groups -OCH3 is 2. The van der Waals surface area contributed by atoms with Gasteiger partial charge in [-0.3, -0.25) is 19.5 Å². The van der Waals surface area contributed by atoms with Crippen LogP contribution in [0.3, 0.4) is 0 Å². The lowest BCUT2D eigenvalue weighted by Crippen LogP contribution is -2.38. The number of aromatic nitrogens is 2. The standard InChI is InChI=1S/C25H30N4O4/c1-17-6-9-21(14-18(17)2)29-15-23(20-7-10-22(33-5)11-8-20)26-25(29)27-24(31)16-28(19(3)30)12-13-32-4/h6-11,14-15H,12-13,16H2,1-5H3,(H,26,27,31). The Morgan fingerprint density at radius 3 is 2.39 bits per heavy atom. The normalized spacial score (nSPS) is 10.7. The molecule has 8 heteroatoms. The first-order valence-electron chi connectivity index (χ1n) is 10.7. The maximum Gasteiger partial charge on any atom is 0.246 e. The number of carbonyl (C=O) groups is 2. The predicted octanol–water partition coefficient (Wildman–Crippen LogP) is 3.60. The zero-order valence-electron chi connectivity index (χ0n) is 19.7. The number of hydrogen-bond donors (Lipinski definition) is 1. The van der Waals surface area contributed by atoms with Crippen molar-refractivity contribution >= 4 is 17.8 Å². The van der Waals surface area contributed by atoms with E-state index in [9.17, 15) is 9.59 Å². The highest BCUT2D eigenvalue weighted by Gasteiger charge is 2.18. The van der Waals surface area contributed by atoms with Crippen LogP contribution in [0.4, 0.5) is 5.95 Å². The zero-order chi connectivity index (χ0) is 24.0. The molecule has 0 aliphatic carbocycles. The molecule has 0 aliphatic heterocycles. The van der Waals surface area contributed by atoms with E-state index in [1.165, 1.54) is 17.4 Å². The summed E-state index contributed by atoms with van der Waals surface area (Å²) in [5, 5.41) is 2.87. The lowest BCUT2D eigenvalue weighted by atomic mass is 10.1. The van der Waals surface area contributed by atoms with Crippen LogP contribution in [0.25, 0.3) is 16.9 Å². The van der Waals surface area contributed by atoms with Crippen LogP contribution in [-0.4, -0.2) is 60.2 Å². The minimum Gasteiger partial charge on any atom is -0.497 e. The molecule has 1 aromatic heterocycles. The quantitative estimate of drug-likeness (QED) is 0.538. The highest BCUT2D eigenvalue weighted by atomic mass is 16.5. The Labute approximate surface area is 194 Å². The van der Waals surface area contributed by atoms with Crippen molar-refractivity contribution in [2.45, 2.75) is 20.8 Å². The van der Waals surface area contributed by atoms with Gasteiger partial charge in [0.05, 0.1) is 19.4 Å². The van der Waals surface area contributed by atoms with Gasteiger partial charge < -0.3 is 14.4 Å². The average molecular weight is 451 g/mol. The second-order valence-corrected chi connectivity index (χ2v) is 7.80. The molecule has 0 saturated carbocycles. The van der Waals surface area contributed by atoms with Gasteiger partial charge in [0.2, 0.25) is 17.8 Å². The van der Waals surface area contributed by atoms with Crippen LogP contribution in [0.5, 0.6) is 5.75 Å². The van der Waals surface area contributed by atoms with Crippen molar-refractivity contribution in [3.63, 3.8) is 0 Å². The van der Waals surface area contributed by atoms with E-state index < -0.39 is 0 Å². The Balaban J connectivity index is 1.93. The van der Waals surface area contributed by atoms with Crippen molar-refractivity contribution in [1.82, 2.24) is 14.5 Å². The molecule has 0 bridgehead atoms. The Morgan fingerprint density at radius 1 is 1.06 bits per heavy atom. The largest absolute Gasteiger partial charge is 0.497 e. The molecular formula is C25H30N4O4. The van der Waals surface area contributed by atoms with E-state index in [1.54, 1.807) is 14.2 Å². The molecule has 0 radical (unpaired) electrons. The first-order chi connectivity index (χ1) is 15.8. The fraction of sp³-hybridized carbons (Fsp3) is 0.320. The molecule has 1 heterocycles. The fourth-order valence-corrected chi connectivity index (χ4v) is 3.33. The summed E-state index contributed by atoms with van der Waals surface area (Å²) in [5.41, 5.74) is 4.78. The molecule has 0 fully saturated rings. The SMILES string of the molecule is COCCN(CC(=O)Nc1nc(-c2ccc(OC)cc2)cn1-c1ccc(C)c(C)c1)C(C)=O. The third kappa shape index (κ3) is 5.98. The van der Waals surface area contributed by atoms with Crippen molar-refractivity contribution in [3.8, 4) is 22.7 Å². The number of imidazole rings is 1. The molecule has 0 atom stereocenters. The minimum absolute atomic E-state index is 0.0870. The van der Waals surface area contributed by atoms with Gasteiger partial charge in [-0.1, -0.05) is 6.07 Å². The van der Waals surface area contributed by atoms with E-state index in [4.69, 9.17) is 9.47 Å². The summed E-state index contributed by atoms with van der Waals surface area (Å²) >= 11 is 0. The van der Waals surface area contributed by atoms with Crippen LogP contribution < -0.4 is 10.1 Å². The summed E-state index contributed by atoms with van der Waals surface area (Å²) in [6, 6.07) is 13.6. The Morgan fingerprint density at radius 2 is 1.79 bits per heavy atom. The molecule has 3 aromatic rings. The molecule has 2 aromatic carbocycles. The van der Waals surface area contributed by atoms with Crippen LogP contribution in [0.15, 0.2) is 48.7 Å². The van der Waals surface area contributed by atoms with Gasteiger partial charge in [0.25, 0.3) is 0 Å². The van der Waals surface area contributed by atoms with Gasteiger partial charge >= 0.3 is 0 Å². The van der Waals surface area contributed by atoms with Gasteiger partial charge in [-0.15, -0.1) is 0 Å². The minimum atomic E-state index is -0.335. The first-order valence-corrected chi connectivity index (χ1v) is 10.7. The molecule has 0 unspecified atom stereocenters. The molecule has 2 amide bonds. The third-order valence-corrected chi connectivity index (χ3v) is 5.46. The summed E-state index contributed by atoms with van der Waals surface area (Å²) in [6.07, 6.45) is 1.88. The molecular weight excluding hydrogens is 420 g/mol. The first kappa shape index (κ1) is 24.0. The number of ether oxygens (including phenoxy) is 2. The van der Waals surface area contributed by atoms with Gasteiger partial charge in [-0.05, 0) is 61.4 Å². The van der Waals surface area contributed by atoms with Gasteiger partial charge in [0.1, 0.15) is 12.3 Å². The molecule has 3 rings (SSSR count). The molecule has 0 saturated heterocycles. The van der Waals surface area contributed by atoms with Crippen LogP contribution in [0.2, 0.25) is 0 Å². The summed E-state index contributed by atoms with van der Waals surface area (Å²) in [7, 11) is 3.17. The number of aryl methyl sites for hydroxylation is 2. The van der Waals surface area contributed by atoms with E-state index in [0.29, 0.717) is 24.8 Å². The Hall–Kier alpha value is -3.65. The maximum absolute atomic E-state index is 12.8. The van der Waals surface area contributed by atoms with E-state index in [2.05, 4.69) is 17.2 Å². The van der Waals surface area contributed by atoms with Gasteiger partial charge in [0, 0.05) is 38.0 Å². The van der Waals surface area contributed by atoms with Crippen molar-refractivity contribution in [3.05, 3.63) is 59.8 Å². The van der Waals surface area contributed by atoms with Crippen molar-refractivity contribution in [1.29, 1.82) is 0 Å². The van der Waals surface area contributed by atoms with E-state index in [0.717, 1.165) is 22.6 Å². The smallest absolute Gasteiger partial charge is 0.246 e. The van der Waals surface area contributed by atoms with Crippen molar-refractivity contribution < 1.29 is 19.1 Å². The van der Waals surface area contributed by atoms with E-state index >= 15 is 0 Å². The number of amides is 2. The Kier molecular flexibility index (Phi) is 7.84. The number of anilines is 1. The molecule has 8 nitrogen and oxygen atoms in total. The molecule has 1 N–H and O–H groups in total. The molecule has 0 spiro atoms. The fourth-order valence-electron chi connectivity index (χ4n) is 3.33. The summed E-state index contributed by atoms with van der Waals surface area (Å²) in [5.74, 6) is 0.599. The van der Waals surface area contributed by atoms with Crippen LogP contribution in [-0.2, 0) is 14.3 Å². The van der Waals surface area contributed by atoms with Crippen LogP contribution >= 0.6 is 0 Å². The van der Waals surface area contributed by atoms with E-state index in [1.807, 2.05) is 60.2 Å². The van der Waals surface area contributed by atoms with Crippen molar-refractivity contribution in [2.75, 3.05) is 39.2 Å². The number of nitrogens with one attached hydrogen (secondary N) is 1. The number of hydrogen-bond acceptors (Lipinski definition) is 5. The summed E-state index contributed by atoms with van der Waals surface area (Å²) in [6.45, 7) is 6.12. The highest BCUT2D eigenvalue weighted by Crippen LogP contribution is 2.27. The van der Waals surface area contributed by atoms with Crippen molar-refractivity contribution in [2.24, 2.45) is 0 Å². The number of nitrogens with zero attached hydrogens (tertiary/aromatic N) is 3. The number of rotatable bonds is 9. The van der Waals surface area contributed by atoms with Gasteiger partial charge in [0.15, 0.2) is 0 Å². The summed E-state index contributed by atoms with van der Waals surface area (Å²) in [4.78, 5) is 30.8.